The molecule has 2 saturated carbocycles. The van der Waals surface area contributed by atoms with Crippen LogP contribution in [0.2, 0.25) is 0 Å². The highest BCUT2D eigenvalue weighted by atomic mass is 31.2. The van der Waals surface area contributed by atoms with Crippen LogP contribution >= 0.6 is 14.3 Å². The molecule has 0 spiro atoms. The van der Waals surface area contributed by atoms with Gasteiger partial charge in [0.05, 0.1) is 0 Å². The normalized spacial score (nSPS) is 23.9. The Morgan fingerprint density at radius 1 is 0.429 bits per heavy atom. The van der Waals surface area contributed by atoms with Crippen LogP contribution < -0.4 is 21.2 Å². The molecule has 0 aliphatic heterocycles. The lowest BCUT2D eigenvalue weighted by atomic mass is 9.99. The molecule has 4 aromatic rings. The first kappa shape index (κ1) is 22.8. The molecule has 4 heteroatoms. The molecule has 6 rings (SSSR count). The van der Waals surface area contributed by atoms with E-state index in [1.807, 2.05) is 121 Å². The van der Waals surface area contributed by atoms with Crippen LogP contribution in [-0.2, 0) is 9.13 Å². The smallest absolute Gasteiger partial charge is 0.147 e. The van der Waals surface area contributed by atoms with E-state index < -0.39 is 14.3 Å². The Morgan fingerprint density at radius 2 is 0.686 bits per heavy atom. The molecule has 0 aromatic heterocycles. The van der Waals surface area contributed by atoms with Gasteiger partial charge in [-0.3, -0.25) is 0 Å². The molecule has 2 bridgehead atoms. The van der Waals surface area contributed by atoms with Gasteiger partial charge in [0.15, 0.2) is 0 Å². The van der Waals surface area contributed by atoms with Crippen LogP contribution in [0.1, 0.15) is 19.3 Å². The van der Waals surface area contributed by atoms with Gasteiger partial charge in [-0.25, -0.2) is 0 Å². The van der Waals surface area contributed by atoms with Crippen molar-refractivity contribution in [2.24, 2.45) is 11.8 Å². The second-order valence-electron chi connectivity index (χ2n) is 9.97. The third kappa shape index (κ3) is 3.62. The highest BCUT2D eigenvalue weighted by Crippen LogP contribution is 2.71. The monoisotopic (exact) mass is 496 g/mol. The summed E-state index contributed by atoms with van der Waals surface area (Å²) in [5.41, 5.74) is -0.283. The van der Waals surface area contributed by atoms with E-state index in [-0.39, 0.29) is 11.3 Å². The summed E-state index contributed by atoms with van der Waals surface area (Å²) in [4.78, 5) is 0. The molecule has 2 nitrogen and oxygen atoms in total. The molecule has 35 heavy (non-hydrogen) atoms. The van der Waals surface area contributed by atoms with Crippen LogP contribution in [0, 0.1) is 11.8 Å². The summed E-state index contributed by atoms with van der Waals surface area (Å²) in [6.45, 7) is 0. The second kappa shape index (κ2) is 9.09. The molecular weight excluding hydrogens is 466 g/mol. The predicted octanol–water partition coefficient (Wildman–Crippen LogP) is 6.18. The SMILES string of the molecule is O=P(c1ccccc1)(c1ccccc1)[C@H]1[C@@H]2CC[C@@H](C2)[C@@H]1P(=O)(c1ccccc1)c1ccccc1. The third-order valence-electron chi connectivity index (χ3n) is 8.23. The van der Waals surface area contributed by atoms with Crippen molar-refractivity contribution in [1.29, 1.82) is 0 Å². The zero-order valence-electron chi connectivity index (χ0n) is 19.7. The highest BCUT2D eigenvalue weighted by Gasteiger charge is 2.61. The van der Waals surface area contributed by atoms with E-state index in [0.29, 0.717) is 11.8 Å². The fourth-order valence-corrected chi connectivity index (χ4v) is 15.5. The van der Waals surface area contributed by atoms with Crippen LogP contribution in [0.5, 0.6) is 0 Å². The average molecular weight is 497 g/mol. The van der Waals surface area contributed by atoms with E-state index in [9.17, 15) is 0 Å². The fourth-order valence-electron chi connectivity index (χ4n) is 6.84. The van der Waals surface area contributed by atoms with Crippen LogP contribution in [0.25, 0.3) is 0 Å². The van der Waals surface area contributed by atoms with E-state index in [4.69, 9.17) is 0 Å². The van der Waals surface area contributed by atoms with Crippen LogP contribution in [0.15, 0.2) is 121 Å². The first-order valence-electron chi connectivity index (χ1n) is 12.6. The van der Waals surface area contributed by atoms with E-state index in [1.165, 1.54) is 0 Å². The molecule has 0 N–H and O–H groups in total. The van der Waals surface area contributed by atoms with Crippen molar-refractivity contribution in [3.05, 3.63) is 121 Å². The molecule has 0 saturated heterocycles. The summed E-state index contributed by atoms with van der Waals surface area (Å²) >= 11 is 0. The van der Waals surface area contributed by atoms with Gasteiger partial charge in [-0.2, -0.15) is 0 Å². The van der Waals surface area contributed by atoms with Gasteiger partial charge in [0.25, 0.3) is 0 Å². The molecule has 2 fully saturated rings. The molecule has 0 radical (unpaired) electrons. The molecule has 0 unspecified atom stereocenters. The molecule has 2 aliphatic carbocycles. The summed E-state index contributed by atoms with van der Waals surface area (Å²) in [5.74, 6) is 0.633. The van der Waals surface area contributed by atoms with Gasteiger partial charge in [-0.15, -0.1) is 0 Å². The molecule has 4 atom stereocenters. The maximum atomic E-state index is 15.6. The Bertz CT molecular complexity index is 1190. The van der Waals surface area contributed by atoms with Crippen molar-refractivity contribution in [1.82, 2.24) is 0 Å². The Balaban J connectivity index is 1.62. The molecular formula is C31H30O2P2. The lowest BCUT2D eigenvalue weighted by molar-refractivity contribution is 0.463. The lowest BCUT2D eigenvalue weighted by Crippen LogP contribution is -2.42. The molecule has 4 aromatic carbocycles. The molecule has 0 heterocycles. The summed E-state index contributed by atoms with van der Waals surface area (Å²) in [6.07, 6.45) is 3.15. The second-order valence-corrected chi connectivity index (χ2v) is 15.9. The average Bonchev–Trinajstić information content (AvgIpc) is 3.57. The topological polar surface area (TPSA) is 34.1 Å². The minimum Gasteiger partial charge on any atom is -0.313 e. The minimum absolute atomic E-state index is 0.141. The molecule has 2 aliphatic rings. The van der Waals surface area contributed by atoms with Crippen LogP contribution in [-0.4, -0.2) is 11.3 Å². The summed E-state index contributed by atoms with van der Waals surface area (Å²) < 4.78 is 31.2. The maximum absolute atomic E-state index is 15.6. The minimum atomic E-state index is -3.08. The van der Waals surface area contributed by atoms with Crippen molar-refractivity contribution in [2.75, 3.05) is 0 Å². The Morgan fingerprint density at radius 3 is 0.943 bits per heavy atom. The Kier molecular flexibility index (Phi) is 5.92. The van der Waals surface area contributed by atoms with Crippen molar-refractivity contribution in [3.63, 3.8) is 0 Å². The Labute approximate surface area is 208 Å². The first-order valence-corrected chi connectivity index (χ1v) is 16.1. The quantitative estimate of drug-likeness (QED) is 0.299. The van der Waals surface area contributed by atoms with Crippen molar-refractivity contribution in [3.8, 4) is 0 Å². The summed E-state index contributed by atoms with van der Waals surface area (Å²) in [7, 11) is -6.16. The van der Waals surface area contributed by atoms with Gasteiger partial charge < -0.3 is 9.13 Å². The lowest BCUT2D eigenvalue weighted by Gasteiger charge is -2.41. The Hall–Kier alpha value is -2.66. The molecule has 176 valence electrons. The number of fused-ring (bicyclic) bond motifs is 2. The van der Waals surface area contributed by atoms with Gasteiger partial charge in [0.2, 0.25) is 0 Å². The van der Waals surface area contributed by atoms with Crippen molar-refractivity contribution in [2.45, 2.75) is 30.6 Å². The van der Waals surface area contributed by atoms with Crippen LogP contribution in [0.3, 0.4) is 0 Å². The van der Waals surface area contributed by atoms with E-state index in [2.05, 4.69) is 0 Å². The first-order chi connectivity index (χ1) is 17.1. The summed E-state index contributed by atoms with van der Waals surface area (Å²) in [6, 6.07) is 40.0. The van der Waals surface area contributed by atoms with Gasteiger partial charge in [0, 0.05) is 32.5 Å². The van der Waals surface area contributed by atoms with E-state index >= 15 is 9.13 Å². The maximum Gasteiger partial charge on any atom is 0.147 e. The predicted molar refractivity (Wildman–Crippen MR) is 148 cm³/mol. The summed E-state index contributed by atoms with van der Waals surface area (Å²) in [5, 5.41) is 3.56. The van der Waals surface area contributed by atoms with E-state index in [0.717, 1.165) is 40.5 Å². The van der Waals surface area contributed by atoms with Gasteiger partial charge in [-0.1, -0.05) is 121 Å². The van der Waals surface area contributed by atoms with Gasteiger partial charge in [-0.05, 0) is 31.1 Å². The third-order valence-corrected chi connectivity index (χ3v) is 15.9. The number of benzene rings is 4. The standard InChI is InChI=1S/C31H30O2P2/c32-34(26-13-5-1-6-14-26,27-15-7-2-8-16-27)30-24-21-22-25(23-24)31(30)35(33,28-17-9-3-10-18-28)29-19-11-4-12-20-29/h1-20,24-25,30-31H,21-23H2/t24-,25+,30-,31-/m0/s1. The van der Waals surface area contributed by atoms with Crippen molar-refractivity contribution < 1.29 is 9.13 Å². The fraction of sp³-hybridized carbons (Fsp3) is 0.226. The zero-order chi connectivity index (χ0) is 23.9. The molecule has 0 amide bonds. The van der Waals surface area contributed by atoms with E-state index in [1.54, 1.807) is 0 Å². The number of hydrogen-bond donors (Lipinski definition) is 0. The zero-order valence-corrected chi connectivity index (χ0v) is 21.5. The largest absolute Gasteiger partial charge is 0.313 e. The number of rotatable bonds is 6. The van der Waals surface area contributed by atoms with Crippen molar-refractivity contribution >= 4 is 35.5 Å². The number of hydrogen-bond acceptors (Lipinski definition) is 2. The van der Waals surface area contributed by atoms with Gasteiger partial charge >= 0.3 is 0 Å². The van der Waals surface area contributed by atoms with Gasteiger partial charge in [0.1, 0.15) is 14.3 Å². The highest BCUT2D eigenvalue weighted by molar-refractivity contribution is 7.83. The van der Waals surface area contributed by atoms with Crippen LogP contribution in [0.4, 0.5) is 0 Å².